The maximum absolute atomic E-state index is 13.3. The van der Waals surface area contributed by atoms with E-state index in [2.05, 4.69) is 21.6 Å². The molecule has 0 fully saturated rings. The van der Waals surface area contributed by atoms with Crippen molar-refractivity contribution in [2.24, 2.45) is 5.73 Å². The molecule has 2 aromatic carbocycles. The second kappa shape index (κ2) is 11.0. The number of anilines is 2. The second-order valence-electron chi connectivity index (χ2n) is 9.68. The van der Waals surface area contributed by atoms with Gasteiger partial charge in [0.05, 0.1) is 23.3 Å². The smallest absolute Gasteiger partial charge is 0.234 e. The van der Waals surface area contributed by atoms with E-state index in [1.54, 1.807) is 4.90 Å². The van der Waals surface area contributed by atoms with Crippen LogP contribution in [-0.2, 0) is 9.59 Å². The van der Waals surface area contributed by atoms with E-state index in [1.807, 2.05) is 63.2 Å². The summed E-state index contributed by atoms with van der Waals surface area (Å²) in [6, 6.07) is 16.0. The summed E-state index contributed by atoms with van der Waals surface area (Å²) >= 11 is 2.56. The Labute approximate surface area is 235 Å². The van der Waals surface area contributed by atoms with Crippen molar-refractivity contribution in [2.75, 3.05) is 16.0 Å². The summed E-state index contributed by atoms with van der Waals surface area (Å²) in [4.78, 5) is 27.6. The number of hydrogen-bond acceptors (Lipinski definition) is 9. The number of nitriles is 1. The summed E-state index contributed by atoms with van der Waals surface area (Å²) in [6.45, 7) is 5.95. The van der Waals surface area contributed by atoms with Gasteiger partial charge in [-0.05, 0) is 56.4 Å². The number of carbonyl (C=O) groups excluding carboxylic acids is 2. The monoisotopic (exact) mass is 556 g/mol. The van der Waals surface area contributed by atoms with Crippen LogP contribution in [0.25, 0.3) is 0 Å². The molecule has 1 unspecified atom stereocenters. The number of nitrogens with two attached hydrogens (primary N) is 1. The Morgan fingerprint density at radius 2 is 1.97 bits per heavy atom. The van der Waals surface area contributed by atoms with Gasteiger partial charge in [0.25, 0.3) is 0 Å². The van der Waals surface area contributed by atoms with Gasteiger partial charge in [0.1, 0.15) is 5.82 Å². The molecule has 0 bridgehead atoms. The minimum atomic E-state index is -0.508. The average molecular weight is 557 g/mol. The molecule has 1 aliphatic carbocycles. The van der Waals surface area contributed by atoms with Gasteiger partial charge in [-0.1, -0.05) is 65.1 Å². The first-order chi connectivity index (χ1) is 18.8. The van der Waals surface area contributed by atoms with E-state index < -0.39 is 5.92 Å². The van der Waals surface area contributed by atoms with Gasteiger partial charge < -0.3 is 11.1 Å². The highest BCUT2D eigenvalue weighted by Crippen LogP contribution is 2.47. The third kappa shape index (κ3) is 5.20. The third-order valence-corrected chi connectivity index (χ3v) is 9.02. The Kier molecular flexibility index (Phi) is 7.55. The number of amides is 1. The molecular formula is C29H28N6O2S2. The summed E-state index contributed by atoms with van der Waals surface area (Å²) in [6.07, 6.45) is 1.77. The lowest BCUT2D eigenvalue weighted by atomic mass is 9.75. The van der Waals surface area contributed by atoms with E-state index in [-0.39, 0.29) is 23.3 Å². The van der Waals surface area contributed by atoms with E-state index in [9.17, 15) is 14.9 Å². The van der Waals surface area contributed by atoms with Crippen molar-refractivity contribution >= 4 is 45.6 Å². The topological polar surface area (TPSA) is 125 Å². The summed E-state index contributed by atoms with van der Waals surface area (Å²) < 4.78 is 0.595. The van der Waals surface area contributed by atoms with Crippen LogP contribution in [0.5, 0.6) is 0 Å². The van der Waals surface area contributed by atoms with Gasteiger partial charge in [0, 0.05) is 23.4 Å². The Morgan fingerprint density at radius 3 is 2.72 bits per heavy atom. The van der Waals surface area contributed by atoms with Crippen LogP contribution in [0, 0.1) is 32.1 Å². The number of carbonyl (C=O) groups is 2. The molecule has 8 nitrogen and oxygen atoms in total. The number of benzene rings is 2. The molecular weight excluding hydrogens is 528 g/mol. The Hall–Kier alpha value is -3.94. The SMILES string of the molecule is Cc1ccc(NC(=O)CSc2nnc(N3C(N)=C(C#N)C(c4ccccc4C)C4=C3CCCC4=O)s2)c(C)c1. The molecule has 3 aromatic rings. The van der Waals surface area contributed by atoms with Crippen molar-refractivity contribution in [3.05, 3.63) is 87.4 Å². The number of allylic oxidation sites excluding steroid dienone is 3. The number of hydrogen-bond donors (Lipinski definition) is 2. The number of nitrogens with one attached hydrogen (secondary N) is 1. The molecule has 2 aliphatic rings. The second-order valence-corrected chi connectivity index (χ2v) is 11.9. The quantitative estimate of drug-likeness (QED) is 0.382. The lowest BCUT2D eigenvalue weighted by molar-refractivity contribution is -0.116. The van der Waals surface area contributed by atoms with E-state index in [0.717, 1.165) is 33.6 Å². The van der Waals surface area contributed by atoms with Crippen LogP contribution in [0.4, 0.5) is 10.8 Å². The zero-order valence-electron chi connectivity index (χ0n) is 21.9. The fourth-order valence-electron chi connectivity index (χ4n) is 5.15. The lowest BCUT2D eigenvalue weighted by Gasteiger charge is -2.38. The predicted molar refractivity (Wildman–Crippen MR) is 154 cm³/mol. The Morgan fingerprint density at radius 1 is 1.18 bits per heavy atom. The van der Waals surface area contributed by atoms with Gasteiger partial charge in [0.15, 0.2) is 10.1 Å². The minimum absolute atomic E-state index is 0.0249. The molecule has 10 heteroatoms. The molecule has 198 valence electrons. The molecule has 0 saturated heterocycles. The van der Waals surface area contributed by atoms with E-state index in [0.29, 0.717) is 39.9 Å². The molecule has 0 saturated carbocycles. The predicted octanol–water partition coefficient (Wildman–Crippen LogP) is 5.50. The molecule has 1 atom stereocenters. The molecule has 3 N–H and O–H groups in total. The third-order valence-electron chi connectivity index (χ3n) is 6.98. The van der Waals surface area contributed by atoms with Crippen molar-refractivity contribution in [3.8, 4) is 6.07 Å². The van der Waals surface area contributed by atoms with Gasteiger partial charge in [0.2, 0.25) is 11.0 Å². The van der Waals surface area contributed by atoms with E-state index >= 15 is 0 Å². The van der Waals surface area contributed by atoms with E-state index in [4.69, 9.17) is 5.73 Å². The number of nitrogens with zero attached hydrogens (tertiary/aromatic N) is 4. The van der Waals surface area contributed by atoms with Gasteiger partial charge in [-0.2, -0.15) is 5.26 Å². The highest BCUT2D eigenvalue weighted by molar-refractivity contribution is 8.01. The summed E-state index contributed by atoms with van der Waals surface area (Å²) in [5, 5.41) is 22.2. The van der Waals surface area contributed by atoms with Crippen molar-refractivity contribution in [1.29, 1.82) is 5.26 Å². The first-order valence-corrected chi connectivity index (χ1v) is 14.4. The number of Topliss-reactive ketones (excluding diaryl/α,β-unsaturated/α-hetero) is 1. The molecule has 1 aliphatic heterocycles. The molecule has 5 rings (SSSR count). The molecule has 0 radical (unpaired) electrons. The fourth-order valence-corrected chi connectivity index (χ4v) is 6.83. The molecule has 0 spiro atoms. The average Bonchev–Trinajstić information content (AvgIpc) is 3.37. The van der Waals surface area contributed by atoms with Crippen LogP contribution in [0.1, 0.15) is 47.4 Å². The first kappa shape index (κ1) is 26.7. The first-order valence-electron chi connectivity index (χ1n) is 12.6. The summed E-state index contributed by atoms with van der Waals surface area (Å²) in [5.74, 6) is -0.197. The fraction of sp³-hybridized carbons (Fsp3) is 0.276. The lowest BCUT2D eigenvalue weighted by Crippen LogP contribution is -2.38. The Bertz CT molecular complexity index is 1580. The maximum Gasteiger partial charge on any atom is 0.234 e. The van der Waals surface area contributed by atoms with Crippen molar-refractivity contribution in [3.63, 3.8) is 0 Å². The zero-order chi connectivity index (χ0) is 27.7. The van der Waals surface area contributed by atoms with Crippen LogP contribution < -0.4 is 16.0 Å². The molecule has 1 aromatic heterocycles. The zero-order valence-corrected chi connectivity index (χ0v) is 23.6. The number of thioether (sulfide) groups is 1. The molecule has 2 heterocycles. The standard InChI is InChI=1S/C29H28N6O2S2/c1-16-11-12-21(18(3)13-16)32-24(37)15-38-29-34-33-28(39-29)35-22-9-6-10-23(36)26(22)25(20(14-30)27(35)31)19-8-5-4-7-17(19)2/h4-5,7-8,11-13,25H,6,9-10,15,31H2,1-3H3,(H,32,37). The summed E-state index contributed by atoms with van der Waals surface area (Å²) in [5.41, 5.74) is 13.2. The Balaban J connectivity index is 1.42. The highest BCUT2D eigenvalue weighted by atomic mass is 32.2. The van der Waals surface area contributed by atoms with Gasteiger partial charge in [-0.25, -0.2) is 0 Å². The van der Waals surface area contributed by atoms with Crippen molar-refractivity contribution in [1.82, 2.24) is 10.2 Å². The summed E-state index contributed by atoms with van der Waals surface area (Å²) in [7, 11) is 0. The number of ketones is 1. The van der Waals surface area contributed by atoms with Crippen LogP contribution in [0.2, 0.25) is 0 Å². The van der Waals surface area contributed by atoms with Crippen LogP contribution in [-0.4, -0.2) is 27.6 Å². The number of rotatable bonds is 6. The van der Waals surface area contributed by atoms with Crippen LogP contribution in [0.15, 0.2) is 69.5 Å². The molecule has 1 amide bonds. The maximum atomic E-state index is 13.3. The number of aromatic nitrogens is 2. The van der Waals surface area contributed by atoms with Crippen LogP contribution in [0.3, 0.4) is 0 Å². The minimum Gasteiger partial charge on any atom is -0.384 e. The van der Waals surface area contributed by atoms with Gasteiger partial charge >= 0.3 is 0 Å². The largest absolute Gasteiger partial charge is 0.384 e. The van der Waals surface area contributed by atoms with Crippen molar-refractivity contribution in [2.45, 2.75) is 50.3 Å². The van der Waals surface area contributed by atoms with E-state index in [1.165, 1.54) is 23.1 Å². The van der Waals surface area contributed by atoms with Crippen molar-refractivity contribution < 1.29 is 9.59 Å². The highest BCUT2D eigenvalue weighted by Gasteiger charge is 2.41. The number of aryl methyl sites for hydroxylation is 3. The van der Waals surface area contributed by atoms with Gasteiger partial charge in [-0.3, -0.25) is 14.5 Å². The van der Waals surface area contributed by atoms with Crippen LogP contribution >= 0.6 is 23.1 Å². The van der Waals surface area contributed by atoms with Gasteiger partial charge in [-0.15, -0.1) is 10.2 Å². The molecule has 39 heavy (non-hydrogen) atoms. The normalized spacial score (nSPS) is 17.2.